The first-order valence-corrected chi connectivity index (χ1v) is 12.0. The number of amides is 1. The summed E-state index contributed by atoms with van der Waals surface area (Å²) >= 11 is 0. The Balaban J connectivity index is 1.34. The first-order chi connectivity index (χ1) is 16.5. The number of imidazole rings is 1. The second-order valence-electron chi connectivity index (χ2n) is 9.25. The van der Waals surface area contributed by atoms with Crippen LogP contribution in [-0.4, -0.2) is 28.6 Å². The van der Waals surface area contributed by atoms with Crippen molar-refractivity contribution in [3.8, 4) is 5.75 Å². The summed E-state index contributed by atoms with van der Waals surface area (Å²) in [5, 5.41) is 0. The smallest absolute Gasteiger partial charge is 0.227 e. The molecule has 1 unspecified atom stereocenters. The van der Waals surface area contributed by atoms with E-state index in [0.717, 1.165) is 46.8 Å². The number of carbonyl (C=O) groups is 1. The van der Waals surface area contributed by atoms with Gasteiger partial charge in [0.2, 0.25) is 5.91 Å². The maximum Gasteiger partial charge on any atom is 0.227 e. The van der Waals surface area contributed by atoms with Crippen LogP contribution in [0.4, 0.5) is 5.69 Å². The van der Waals surface area contributed by atoms with Crippen molar-refractivity contribution in [3.63, 3.8) is 0 Å². The summed E-state index contributed by atoms with van der Waals surface area (Å²) in [6.07, 6.45) is 1.35. The molecule has 0 aliphatic carbocycles. The quantitative estimate of drug-likeness (QED) is 0.325. The van der Waals surface area contributed by atoms with Gasteiger partial charge in [-0.25, -0.2) is 4.98 Å². The molecule has 1 atom stereocenters. The zero-order valence-corrected chi connectivity index (χ0v) is 20.1. The van der Waals surface area contributed by atoms with Gasteiger partial charge < -0.3 is 14.2 Å². The molecule has 34 heavy (non-hydrogen) atoms. The predicted octanol–water partition coefficient (Wildman–Crippen LogP) is 5.95. The fourth-order valence-corrected chi connectivity index (χ4v) is 4.84. The minimum atomic E-state index is 0.0696. The fourth-order valence-electron chi connectivity index (χ4n) is 4.84. The van der Waals surface area contributed by atoms with Gasteiger partial charge >= 0.3 is 0 Å². The van der Waals surface area contributed by atoms with Gasteiger partial charge in [-0.3, -0.25) is 4.79 Å². The van der Waals surface area contributed by atoms with Crippen molar-refractivity contribution < 1.29 is 9.53 Å². The monoisotopic (exact) mass is 453 g/mol. The van der Waals surface area contributed by atoms with E-state index in [1.54, 1.807) is 0 Å². The van der Waals surface area contributed by atoms with E-state index >= 15 is 0 Å². The van der Waals surface area contributed by atoms with Crippen LogP contribution in [0.15, 0.2) is 66.7 Å². The van der Waals surface area contributed by atoms with Crippen molar-refractivity contribution in [2.45, 2.75) is 46.1 Å². The van der Waals surface area contributed by atoms with Gasteiger partial charge in [-0.15, -0.1) is 0 Å². The van der Waals surface area contributed by atoms with E-state index in [2.05, 4.69) is 61.7 Å². The van der Waals surface area contributed by atoms with Crippen molar-refractivity contribution in [2.24, 2.45) is 0 Å². The normalized spacial score (nSPS) is 15.9. The van der Waals surface area contributed by atoms with Crippen LogP contribution in [0.5, 0.6) is 5.75 Å². The van der Waals surface area contributed by atoms with Crippen molar-refractivity contribution in [1.29, 1.82) is 0 Å². The number of para-hydroxylation sites is 3. The summed E-state index contributed by atoms with van der Waals surface area (Å²) in [5.74, 6) is 2.14. The van der Waals surface area contributed by atoms with E-state index in [4.69, 9.17) is 9.72 Å². The molecule has 174 valence electrons. The first kappa shape index (κ1) is 22.2. The van der Waals surface area contributed by atoms with Gasteiger partial charge in [0.25, 0.3) is 0 Å². The molecule has 1 aliphatic rings. The van der Waals surface area contributed by atoms with E-state index in [-0.39, 0.29) is 11.8 Å². The van der Waals surface area contributed by atoms with Gasteiger partial charge in [-0.1, -0.05) is 36.4 Å². The average molecular weight is 454 g/mol. The van der Waals surface area contributed by atoms with Crippen LogP contribution in [0.1, 0.15) is 41.3 Å². The number of nitrogens with zero attached hydrogens (tertiary/aromatic N) is 3. The van der Waals surface area contributed by atoms with Gasteiger partial charge in [0.1, 0.15) is 11.6 Å². The van der Waals surface area contributed by atoms with Crippen LogP contribution in [0.25, 0.3) is 11.0 Å². The molecule has 0 bridgehead atoms. The highest BCUT2D eigenvalue weighted by atomic mass is 16.5. The van der Waals surface area contributed by atoms with Crippen LogP contribution in [0, 0.1) is 20.8 Å². The highest BCUT2D eigenvalue weighted by molar-refractivity contribution is 5.97. The summed E-state index contributed by atoms with van der Waals surface area (Å²) in [6, 6.07) is 22.6. The molecule has 0 spiro atoms. The number of hydrogen-bond acceptors (Lipinski definition) is 3. The van der Waals surface area contributed by atoms with E-state index in [0.29, 0.717) is 19.6 Å². The molecule has 1 amide bonds. The van der Waals surface area contributed by atoms with Gasteiger partial charge in [0.15, 0.2) is 0 Å². The van der Waals surface area contributed by atoms with E-state index in [9.17, 15) is 4.79 Å². The summed E-state index contributed by atoms with van der Waals surface area (Å²) < 4.78 is 8.32. The van der Waals surface area contributed by atoms with Gasteiger partial charge in [0.05, 0.1) is 17.6 Å². The molecule has 5 nitrogen and oxygen atoms in total. The third kappa shape index (κ3) is 4.30. The molecule has 5 heteroatoms. The predicted molar refractivity (Wildman–Crippen MR) is 137 cm³/mol. The molecular weight excluding hydrogens is 422 g/mol. The summed E-state index contributed by atoms with van der Waals surface area (Å²) in [6.45, 7) is 8.37. The van der Waals surface area contributed by atoms with Crippen LogP contribution in [0.3, 0.4) is 0 Å². The minimum absolute atomic E-state index is 0.0696. The van der Waals surface area contributed by atoms with Crippen LogP contribution in [-0.2, 0) is 11.3 Å². The second-order valence-corrected chi connectivity index (χ2v) is 9.25. The highest BCUT2D eigenvalue weighted by Crippen LogP contribution is 2.34. The molecule has 2 heterocycles. The topological polar surface area (TPSA) is 47.4 Å². The molecule has 0 saturated carbocycles. The maximum atomic E-state index is 13.0. The standard InChI is InChI=1S/C29H31N3O2/c1-20-13-14-24(17-22(20)3)34-16-8-15-31-27-12-7-5-10-25(27)30-29(31)23-18-28(33)32(19-23)26-11-6-4-9-21(26)2/h4-7,9-14,17,23H,8,15-16,18-19H2,1-3H3. The second kappa shape index (κ2) is 9.34. The lowest BCUT2D eigenvalue weighted by atomic mass is 10.1. The number of carbonyl (C=O) groups excluding carboxylic acids is 1. The lowest BCUT2D eigenvalue weighted by Gasteiger charge is -2.19. The molecule has 1 fully saturated rings. The molecule has 0 N–H and O–H groups in total. The first-order valence-electron chi connectivity index (χ1n) is 12.0. The Morgan fingerprint density at radius 1 is 0.941 bits per heavy atom. The number of fused-ring (bicyclic) bond motifs is 1. The lowest BCUT2D eigenvalue weighted by Crippen LogP contribution is -2.25. The number of hydrogen-bond donors (Lipinski definition) is 0. The van der Waals surface area contributed by atoms with Crippen LogP contribution >= 0.6 is 0 Å². The summed E-state index contributed by atoms with van der Waals surface area (Å²) in [5.41, 5.74) is 6.73. The third-order valence-corrected chi connectivity index (χ3v) is 6.85. The number of rotatable bonds is 7. The van der Waals surface area contributed by atoms with E-state index in [1.807, 2.05) is 35.2 Å². The van der Waals surface area contributed by atoms with Crippen LogP contribution < -0.4 is 9.64 Å². The molecular formula is C29H31N3O2. The van der Waals surface area contributed by atoms with Gasteiger partial charge in [-0.2, -0.15) is 0 Å². The van der Waals surface area contributed by atoms with Crippen molar-refractivity contribution in [3.05, 3.63) is 89.2 Å². The van der Waals surface area contributed by atoms with Gasteiger partial charge in [0, 0.05) is 31.1 Å². The molecule has 5 rings (SSSR count). The van der Waals surface area contributed by atoms with E-state index in [1.165, 1.54) is 11.1 Å². The number of benzene rings is 3. The van der Waals surface area contributed by atoms with Crippen molar-refractivity contribution in [1.82, 2.24) is 9.55 Å². The Labute approximate surface area is 201 Å². The Kier molecular flexibility index (Phi) is 6.10. The SMILES string of the molecule is Cc1ccc(OCCCn2c(C3CC(=O)N(c4ccccc4C)C3)nc3ccccc32)cc1C. The Bertz CT molecular complexity index is 1340. The lowest BCUT2D eigenvalue weighted by molar-refractivity contribution is -0.117. The van der Waals surface area contributed by atoms with Crippen molar-refractivity contribution in [2.75, 3.05) is 18.1 Å². The Morgan fingerprint density at radius 3 is 2.56 bits per heavy atom. The number of anilines is 1. The maximum absolute atomic E-state index is 13.0. The summed E-state index contributed by atoms with van der Waals surface area (Å²) in [7, 11) is 0. The molecule has 3 aromatic carbocycles. The minimum Gasteiger partial charge on any atom is -0.494 e. The van der Waals surface area contributed by atoms with Gasteiger partial charge in [-0.05, 0) is 74.2 Å². The molecule has 1 saturated heterocycles. The average Bonchev–Trinajstić information content (AvgIpc) is 3.40. The molecule has 1 aromatic heterocycles. The zero-order chi connectivity index (χ0) is 23.7. The number of aromatic nitrogens is 2. The number of aryl methyl sites for hydroxylation is 4. The Morgan fingerprint density at radius 2 is 1.74 bits per heavy atom. The largest absolute Gasteiger partial charge is 0.494 e. The fraction of sp³-hybridized carbons (Fsp3) is 0.310. The summed E-state index contributed by atoms with van der Waals surface area (Å²) in [4.78, 5) is 19.9. The Hall–Kier alpha value is -3.60. The van der Waals surface area contributed by atoms with Crippen LogP contribution in [0.2, 0.25) is 0 Å². The van der Waals surface area contributed by atoms with E-state index < -0.39 is 0 Å². The highest BCUT2D eigenvalue weighted by Gasteiger charge is 2.35. The molecule has 4 aromatic rings. The molecule has 1 aliphatic heterocycles. The number of ether oxygens (including phenoxy) is 1. The van der Waals surface area contributed by atoms with Crippen molar-refractivity contribution >= 4 is 22.6 Å². The zero-order valence-electron chi connectivity index (χ0n) is 20.1. The third-order valence-electron chi connectivity index (χ3n) is 6.85. The molecule has 0 radical (unpaired) electrons.